The third kappa shape index (κ3) is 6.17. The molecule has 1 heteroatoms. The summed E-state index contributed by atoms with van der Waals surface area (Å²) in [4.78, 5) is 2.26. The highest BCUT2D eigenvalue weighted by atomic mass is 15.1. The molecule has 7 aromatic carbocycles. The molecular formula is C47H41N. The zero-order valence-corrected chi connectivity index (χ0v) is 27.9. The Morgan fingerprint density at radius 3 is 1.94 bits per heavy atom. The Balaban J connectivity index is 1.07. The van der Waals surface area contributed by atoms with Crippen molar-refractivity contribution < 1.29 is 0 Å². The molecule has 0 amide bonds. The van der Waals surface area contributed by atoms with Gasteiger partial charge in [0.25, 0.3) is 0 Å². The molecule has 1 nitrogen and oxygen atoms in total. The number of hydrogen-bond acceptors (Lipinski definition) is 1. The van der Waals surface area contributed by atoms with Crippen LogP contribution < -0.4 is 4.90 Å². The van der Waals surface area contributed by atoms with E-state index in [2.05, 4.69) is 171 Å². The van der Waals surface area contributed by atoms with E-state index in [1.165, 1.54) is 85.1 Å². The maximum atomic E-state index is 2.44. The monoisotopic (exact) mass is 619 g/mol. The number of fused-ring (bicyclic) bond motifs is 2. The Labute approximate surface area is 285 Å². The highest BCUT2D eigenvalue weighted by Crippen LogP contribution is 2.35. The second-order valence-corrected chi connectivity index (χ2v) is 13.4. The first-order valence-electron chi connectivity index (χ1n) is 17.3. The molecule has 0 fully saturated rings. The number of nitrogens with zero attached hydrogens (tertiary/aromatic N) is 1. The Hall–Kier alpha value is -5.40. The summed E-state index contributed by atoms with van der Waals surface area (Å²) in [5.41, 5.74) is 17.2. The van der Waals surface area contributed by atoms with Gasteiger partial charge in [-0.25, -0.2) is 0 Å². The van der Waals surface area contributed by atoms with E-state index in [9.17, 15) is 0 Å². The third-order valence-electron chi connectivity index (χ3n) is 10.2. The van der Waals surface area contributed by atoms with E-state index in [-0.39, 0.29) is 0 Å². The first-order valence-corrected chi connectivity index (χ1v) is 17.3. The lowest BCUT2D eigenvalue weighted by Crippen LogP contribution is -2.09. The Morgan fingerprint density at radius 2 is 1.17 bits per heavy atom. The molecule has 0 aliphatic heterocycles. The largest absolute Gasteiger partial charge is 0.345 e. The van der Waals surface area contributed by atoms with Gasteiger partial charge in [-0.3, -0.25) is 0 Å². The van der Waals surface area contributed by atoms with Crippen LogP contribution in [0, 0.1) is 6.92 Å². The van der Waals surface area contributed by atoms with E-state index in [1.807, 2.05) is 0 Å². The van der Waals surface area contributed by atoms with Crippen LogP contribution in [0.15, 0.2) is 152 Å². The molecule has 1 aliphatic rings. The average molecular weight is 620 g/mol. The van der Waals surface area contributed by atoms with Crippen LogP contribution in [0.25, 0.3) is 44.2 Å². The molecule has 234 valence electrons. The molecular weight excluding hydrogens is 579 g/mol. The van der Waals surface area contributed by atoms with Crippen LogP contribution in [-0.4, -0.2) is 7.05 Å². The fraction of sp³-hybridized carbons (Fsp3) is 0.149. The van der Waals surface area contributed by atoms with Gasteiger partial charge < -0.3 is 4.90 Å². The summed E-state index contributed by atoms with van der Waals surface area (Å²) in [5, 5.41) is 2.67. The third-order valence-corrected chi connectivity index (χ3v) is 10.2. The maximum Gasteiger partial charge on any atom is 0.0414 e. The summed E-state index contributed by atoms with van der Waals surface area (Å²) in [6, 6.07) is 56.3. The van der Waals surface area contributed by atoms with E-state index in [0.29, 0.717) is 0 Å². The van der Waals surface area contributed by atoms with Crippen LogP contribution in [0.1, 0.15) is 34.2 Å². The lowest BCUT2D eigenvalue weighted by atomic mass is 9.86. The van der Waals surface area contributed by atoms with Gasteiger partial charge in [0, 0.05) is 18.4 Å². The van der Waals surface area contributed by atoms with Crippen LogP contribution >= 0.6 is 0 Å². The van der Waals surface area contributed by atoms with Crippen molar-refractivity contribution in [1.82, 2.24) is 0 Å². The quantitative estimate of drug-likeness (QED) is 0.155. The van der Waals surface area contributed by atoms with Crippen molar-refractivity contribution in [3.05, 3.63) is 179 Å². The van der Waals surface area contributed by atoms with Crippen LogP contribution in [0.3, 0.4) is 0 Å². The number of anilines is 2. The molecule has 0 spiro atoms. The Bertz CT molecular complexity index is 2210. The topological polar surface area (TPSA) is 3.24 Å². The zero-order chi connectivity index (χ0) is 32.5. The first-order chi connectivity index (χ1) is 23.6. The normalized spacial score (nSPS) is 12.0. The molecule has 0 unspecified atom stereocenters. The van der Waals surface area contributed by atoms with Crippen molar-refractivity contribution in [2.75, 3.05) is 11.9 Å². The molecule has 8 rings (SSSR count). The van der Waals surface area contributed by atoms with Gasteiger partial charge in [-0.2, -0.15) is 0 Å². The molecule has 1 aliphatic carbocycles. The van der Waals surface area contributed by atoms with Gasteiger partial charge in [0.1, 0.15) is 0 Å². The van der Waals surface area contributed by atoms with Gasteiger partial charge in [0.05, 0.1) is 0 Å². The van der Waals surface area contributed by atoms with E-state index < -0.39 is 0 Å². The molecule has 0 heterocycles. The highest BCUT2D eigenvalue weighted by Gasteiger charge is 2.14. The average Bonchev–Trinajstić information content (AvgIpc) is 3.13. The van der Waals surface area contributed by atoms with Gasteiger partial charge in [0.2, 0.25) is 0 Å². The van der Waals surface area contributed by atoms with Crippen LogP contribution in [0.5, 0.6) is 0 Å². The van der Waals surface area contributed by atoms with Crippen molar-refractivity contribution >= 4 is 22.1 Å². The van der Waals surface area contributed by atoms with E-state index >= 15 is 0 Å². The zero-order valence-electron chi connectivity index (χ0n) is 27.9. The van der Waals surface area contributed by atoms with Crippen LogP contribution in [-0.2, 0) is 25.7 Å². The van der Waals surface area contributed by atoms with Gasteiger partial charge in [-0.15, -0.1) is 0 Å². The number of aryl methyl sites for hydroxylation is 5. The smallest absolute Gasteiger partial charge is 0.0414 e. The number of hydrogen-bond donors (Lipinski definition) is 0. The van der Waals surface area contributed by atoms with Gasteiger partial charge in [0.15, 0.2) is 0 Å². The molecule has 0 radical (unpaired) electrons. The molecule has 0 saturated heterocycles. The molecule has 0 aromatic heterocycles. The second-order valence-electron chi connectivity index (χ2n) is 13.4. The molecule has 0 atom stereocenters. The first kappa shape index (κ1) is 30.0. The summed E-state index contributed by atoms with van der Waals surface area (Å²) < 4.78 is 0. The van der Waals surface area contributed by atoms with Gasteiger partial charge >= 0.3 is 0 Å². The number of benzene rings is 7. The van der Waals surface area contributed by atoms with E-state index in [0.717, 1.165) is 19.3 Å². The van der Waals surface area contributed by atoms with Crippen molar-refractivity contribution in [3.63, 3.8) is 0 Å². The summed E-state index contributed by atoms with van der Waals surface area (Å²) in [6.07, 6.45) is 5.81. The van der Waals surface area contributed by atoms with Crippen LogP contribution in [0.4, 0.5) is 11.4 Å². The predicted molar refractivity (Wildman–Crippen MR) is 205 cm³/mol. The lowest BCUT2D eigenvalue weighted by Gasteiger charge is -2.21. The lowest BCUT2D eigenvalue weighted by molar-refractivity contribution is 0.801. The summed E-state index contributed by atoms with van der Waals surface area (Å²) in [6.45, 7) is 2.15. The summed E-state index contributed by atoms with van der Waals surface area (Å²) in [5.74, 6) is 0. The highest BCUT2D eigenvalue weighted by molar-refractivity contribution is 5.93. The van der Waals surface area contributed by atoms with E-state index in [1.54, 1.807) is 11.1 Å². The minimum absolute atomic E-state index is 1.06. The Morgan fingerprint density at radius 1 is 0.479 bits per heavy atom. The summed E-state index contributed by atoms with van der Waals surface area (Å²) >= 11 is 0. The van der Waals surface area contributed by atoms with Crippen molar-refractivity contribution in [3.8, 4) is 33.4 Å². The van der Waals surface area contributed by atoms with Gasteiger partial charge in [-0.05, 0) is 142 Å². The molecule has 0 saturated carbocycles. The minimum Gasteiger partial charge on any atom is -0.345 e. The fourth-order valence-electron chi connectivity index (χ4n) is 7.17. The minimum atomic E-state index is 1.06. The van der Waals surface area contributed by atoms with Crippen LogP contribution in [0.2, 0.25) is 0 Å². The van der Waals surface area contributed by atoms with Crippen molar-refractivity contribution in [2.24, 2.45) is 0 Å². The number of rotatable bonds is 9. The molecule has 0 N–H and O–H groups in total. The van der Waals surface area contributed by atoms with Crippen molar-refractivity contribution in [1.29, 1.82) is 0 Å². The standard InChI is InChI=1S/C47H41N/c1-33-14-17-38(18-15-33)44-29-42(12-6-8-34-16-19-36-20-21-40(36)28-34)47-32-41(22-23-43(47)30-44)37-24-26-45(27-25-37)48(2)46-13-7-11-39(31-46)35-9-4-3-5-10-35/h3-5,7,9-11,13-19,22-32H,6,8,12,20-21H2,1-2H3. The summed E-state index contributed by atoms with van der Waals surface area (Å²) in [7, 11) is 2.15. The van der Waals surface area contributed by atoms with Gasteiger partial charge in [-0.1, -0.05) is 121 Å². The SMILES string of the molecule is Cc1ccc(-c2cc(CCCc3ccc4c(c3)CC4)c3cc(-c4ccc(N(C)c5cccc(-c6ccccc6)c5)cc4)ccc3c2)cc1. The second kappa shape index (κ2) is 13.0. The van der Waals surface area contributed by atoms with E-state index in [4.69, 9.17) is 0 Å². The predicted octanol–water partition coefficient (Wildman–Crippen LogP) is 12.2. The molecule has 0 bridgehead atoms. The Kier molecular flexibility index (Phi) is 8.12. The maximum absolute atomic E-state index is 2.44. The molecule has 48 heavy (non-hydrogen) atoms. The molecule has 7 aromatic rings. The fourth-order valence-corrected chi connectivity index (χ4v) is 7.17. The van der Waals surface area contributed by atoms with Crippen molar-refractivity contribution in [2.45, 2.75) is 39.0 Å².